The van der Waals surface area contributed by atoms with Gasteiger partial charge in [0.25, 0.3) is 0 Å². The van der Waals surface area contributed by atoms with Crippen molar-refractivity contribution in [2.24, 2.45) is 0 Å². The van der Waals surface area contributed by atoms with Crippen molar-refractivity contribution in [1.29, 1.82) is 15.8 Å². The van der Waals surface area contributed by atoms with E-state index in [0.717, 1.165) is 46.6 Å². The number of quaternary nitrogens is 1. The van der Waals surface area contributed by atoms with Crippen LogP contribution in [0.5, 0.6) is 5.75 Å². The molecule has 0 radical (unpaired) electrons. The van der Waals surface area contributed by atoms with Crippen LogP contribution in [0.2, 0.25) is 0 Å². The van der Waals surface area contributed by atoms with E-state index in [0.29, 0.717) is 17.0 Å². The molecule has 0 atom stereocenters. The highest BCUT2D eigenvalue weighted by molar-refractivity contribution is 5.89. The van der Waals surface area contributed by atoms with Crippen molar-refractivity contribution < 1.29 is 9.22 Å². The summed E-state index contributed by atoms with van der Waals surface area (Å²) in [6.45, 7) is 1.71. The number of hydrogen-bond donors (Lipinski definition) is 0. The molecule has 3 aromatic carbocycles. The topological polar surface area (TPSA) is 83.8 Å². The minimum atomic E-state index is -0.115. The molecule has 0 N–H and O–H groups in total. The van der Waals surface area contributed by atoms with Gasteiger partial charge in [-0.15, -0.1) is 0 Å². The Hall–Kier alpha value is -5.09. The Bertz CT molecular complexity index is 1540. The summed E-state index contributed by atoms with van der Waals surface area (Å²) in [6.07, 6.45) is 4.31. The monoisotopic (exact) mass is 512 g/mol. The van der Waals surface area contributed by atoms with Gasteiger partial charge < -0.3 is 14.1 Å². The van der Waals surface area contributed by atoms with Crippen LogP contribution in [0.15, 0.2) is 108 Å². The molecule has 0 saturated heterocycles. The number of ether oxygens (including phenoxy) is 1. The molecule has 0 aliphatic carbocycles. The van der Waals surface area contributed by atoms with Gasteiger partial charge in [-0.05, 0) is 34.9 Å². The predicted octanol–water partition coefficient (Wildman–Crippen LogP) is 6.44. The second-order valence-corrected chi connectivity index (χ2v) is 10.2. The maximum atomic E-state index is 10.0. The fourth-order valence-electron chi connectivity index (χ4n) is 4.48. The molecular weight excluding hydrogens is 482 g/mol. The molecule has 0 unspecified atom stereocenters. The van der Waals surface area contributed by atoms with E-state index in [1.165, 1.54) is 0 Å². The van der Waals surface area contributed by atoms with Gasteiger partial charge in [-0.3, -0.25) is 0 Å². The van der Waals surface area contributed by atoms with Crippen molar-refractivity contribution >= 4 is 11.3 Å². The molecule has 0 saturated carbocycles. The first kappa shape index (κ1) is 27.0. The lowest BCUT2D eigenvalue weighted by Gasteiger charge is -2.26. The Kier molecular flexibility index (Phi) is 8.27. The first-order chi connectivity index (χ1) is 18.8. The first-order valence-corrected chi connectivity index (χ1v) is 12.7. The smallest absolute Gasteiger partial charge is 0.200 e. The number of rotatable bonds is 8. The third-order valence-electron chi connectivity index (χ3n) is 6.37. The van der Waals surface area contributed by atoms with E-state index in [9.17, 15) is 15.8 Å². The molecule has 0 amide bonds. The second kappa shape index (κ2) is 12.0. The van der Waals surface area contributed by atoms with Crippen LogP contribution in [0.4, 0.5) is 5.69 Å². The second-order valence-electron chi connectivity index (χ2n) is 10.2. The first-order valence-electron chi connectivity index (χ1n) is 12.7. The van der Waals surface area contributed by atoms with E-state index >= 15 is 0 Å². The third-order valence-corrected chi connectivity index (χ3v) is 6.37. The molecule has 6 nitrogen and oxygen atoms in total. The van der Waals surface area contributed by atoms with E-state index < -0.39 is 0 Å². The average Bonchev–Trinajstić information content (AvgIpc) is 3.29. The van der Waals surface area contributed by atoms with Gasteiger partial charge in [-0.25, -0.2) is 0 Å². The molecule has 1 aliphatic rings. The molecule has 0 bridgehead atoms. The van der Waals surface area contributed by atoms with Gasteiger partial charge in [0.1, 0.15) is 17.7 Å². The molecule has 0 aromatic heterocycles. The molecule has 0 spiro atoms. The number of benzene rings is 3. The fraction of sp³-hybridized carbons (Fsp3) is 0.182. The van der Waals surface area contributed by atoms with Gasteiger partial charge in [0.2, 0.25) is 5.88 Å². The molecule has 39 heavy (non-hydrogen) atoms. The van der Waals surface area contributed by atoms with Gasteiger partial charge in [-0.2, -0.15) is 15.8 Å². The molecule has 192 valence electrons. The van der Waals surface area contributed by atoms with E-state index in [1.807, 2.05) is 60.7 Å². The minimum Gasteiger partial charge on any atom is -0.439 e. The largest absolute Gasteiger partial charge is 0.439 e. The molecule has 6 heteroatoms. The number of anilines is 1. The predicted molar refractivity (Wildman–Crippen MR) is 154 cm³/mol. The van der Waals surface area contributed by atoms with Crippen LogP contribution >= 0.6 is 0 Å². The van der Waals surface area contributed by atoms with Crippen LogP contribution in [-0.2, 0) is 0 Å². The summed E-state index contributed by atoms with van der Waals surface area (Å²) in [4.78, 5) is 2.13. The van der Waals surface area contributed by atoms with Crippen molar-refractivity contribution in [1.82, 2.24) is 0 Å². The summed E-state index contributed by atoms with van der Waals surface area (Å²) in [6, 6.07) is 31.4. The maximum Gasteiger partial charge on any atom is 0.200 e. The number of nitrogens with zero attached hydrogens (tertiary/aromatic N) is 5. The summed E-state index contributed by atoms with van der Waals surface area (Å²) >= 11 is 0. The molecule has 1 aliphatic heterocycles. The summed E-state index contributed by atoms with van der Waals surface area (Å²) < 4.78 is 7.12. The Morgan fingerprint density at radius 2 is 1.51 bits per heavy atom. The maximum absolute atomic E-state index is 10.0. The Morgan fingerprint density at radius 3 is 2.13 bits per heavy atom. The van der Waals surface area contributed by atoms with Crippen molar-refractivity contribution in [3.05, 3.63) is 114 Å². The zero-order valence-electron chi connectivity index (χ0n) is 22.4. The van der Waals surface area contributed by atoms with E-state index in [4.69, 9.17) is 4.74 Å². The number of allylic oxidation sites excluding steroid dienone is 5. The molecule has 0 fully saturated rings. The number of nitriles is 3. The standard InChI is InChI=1S/C33H30N5O/c1-38(2,3)20-10-19-37-30-21-27(25-11-6-4-7-12-25)15-17-31(30)39-32(37)18-16-28(22-34)33(29(23-35)24-36)26-13-8-5-9-14-26/h4-9,11-18,21H,10,19-20H2,1-3H3/q+1. The lowest BCUT2D eigenvalue weighted by molar-refractivity contribution is -0.870. The Morgan fingerprint density at radius 1 is 0.846 bits per heavy atom. The van der Waals surface area contributed by atoms with Crippen molar-refractivity contribution in [3.8, 4) is 35.1 Å². The van der Waals surface area contributed by atoms with Crippen molar-refractivity contribution in [2.75, 3.05) is 39.1 Å². The van der Waals surface area contributed by atoms with Gasteiger partial charge in [0.05, 0.1) is 45.0 Å². The van der Waals surface area contributed by atoms with E-state index in [1.54, 1.807) is 24.3 Å². The normalized spacial score (nSPS) is 13.6. The average molecular weight is 513 g/mol. The molecule has 1 heterocycles. The third kappa shape index (κ3) is 6.43. The summed E-state index contributed by atoms with van der Waals surface area (Å²) in [5.74, 6) is 1.33. The molecular formula is C33H30N5O+. The zero-order valence-corrected chi connectivity index (χ0v) is 22.4. The minimum absolute atomic E-state index is 0.115. The van der Waals surface area contributed by atoms with E-state index in [-0.39, 0.29) is 11.1 Å². The highest BCUT2D eigenvalue weighted by atomic mass is 16.5. The lowest BCUT2D eigenvalue weighted by atomic mass is 9.94. The van der Waals surface area contributed by atoms with Crippen LogP contribution in [0.1, 0.15) is 12.0 Å². The quantitative estimate of drug-likeness (QED) is 0.197. The fourth-order valence-corrected chi connectivity index (χ4v) is 4.48. The molecule has 4 rings (SSSR count). The number of hydrogen-bond acceptors (Lipinski definition) is 5. The van der Waals surface area contributed by atoms with Gasteiger partial charge in [-0.1, -0.05) is 66.7 Å². The molecule has 3 aromatic rings. The highest BCUT2D eigenvalue weighted by Crippen LogP contribution is 2.42. The summed E-state index contributed by atoms with van der Waals surface area (Å²) in [5, 5.41) is 29.3. The summed E-state index contributed by atoms with van der Waals surface area (Å²) in [7, 11) is 6.50. The van der Waals surface area contributed by atoms with Gasteiger partial charge >= 0.3 is 0 Å². The Balaban J connectivity index is 1.76. The van der Waals surface area contributed by atoms with Crippen LogP contribution in [0.3, 0.4) is 0 Å². The van der Waals surface area contributed by atoms with Crippen LogP contribution in [0, 0.1) is 34.0 Å². The SMILES string of the molecule is C[N+](C)(C)CCCN1C(=CC=C(C#N)C(=C(C#N)C#N)c2ccccc2)Oc2ccc(-c3ccccc3)cc21. The Labute approximate surface area is 230 Å². The zero-order chi connectivity index (χ0) is 27.8. The van der Waals surface area contributed by atoms with Crippen LogP contribution < -0.4 is 9.64 Å². The summed E-state index contributed by atoms with van der Waals surface area (Å²) in [5.41, 5.74) is 4.20. The highest BCUT2D eigenvalue weighted by Gasteiger charge is 2.27. The van der Waals surface area contributed by atoms with Crippen LogP contribution in [0.25, 0.3) is 16.7 Å². The van der Waals surface area contributed by atoms with Crippen LogP contribution in [-0.4, -0.2) is 38.7 Å². The van der Waals surface area contributed by atoms with E-state index in [2.05, 4.69) is 50.3 Å². The lowest BCUT2D eigenvalue weighted by Crippen LogP contribution is -2.37. The van der Waals surface area contributed by atoms with Crippen molar-refractivity contribution in [2.45, 2.75) is 6.42 Å². The number of fused-ring (bicyclic) bond motifs is 1. The van der Waals surface area contributed by atoms with Gasteiger partial charge in [0, 0.05) is 24.6 Å². The van der Waals surface area contributed by atoms with Crippen molar-refractivity contribution in [3.63, 3.8) is 0 Å². The van der Waals surface area contributed by atoms with Gasteiger partial charge in [0.15, 0.2) is 5.75 Å².